The van der Waals surface area contributed by atoms with Gasteiger partial charge in [0, 0.05) is 0 Å². The Kier molecular flexibility index (Phi) is 2.43. The van der Waals surface area contributed by atoms with Crippen LogP contribution in [0.2, 0.25) is 0 Å². The van der Waals surface area contributed by atoms with Crippen LogP contribution in [-0.4, -0.2) is 18.1 Å². The van der Waals surface area contributed by atoms with Gasteiger partial charge in [0.05, 0.1) is 15.7 Å². The molecule has 1 aliphatic rings. The molecule has 1 fully saturated rings. The molecular formula is C12H14N2S. The quantitative estimate of drug-likeness (QED) is 0.837. The van der Waals surface area contributed by atoms with Gasteiger partial charge in [-0.05, 0) is 49.5 Å². The summed E-state index contributed by atoms with van der Waals surface area (Å²) in [4.78, 5) is 4.36. The van der Waals surface area contributed by atoms with Crippen LogP contribution in [0.1, 0.15) is 12.0 Å². The Morgan fingerprint density at radius 1 is 1.47 bits per heavy atom. The van der Waals surface area contributed by atoms with Crippen LogP contribution in [0.15, 0.2) is 23.7 Å². The van der Waals surface area contributed by atoms with Gasteiger partial charge in [-0.25, -0.2) is 4.98 Å². The van der Waals surface area contributed by atoms with Gasteiger partial charge in [-0.2, -0.15) is 0 Å². The van der Waals surface area contributed by atoms with Gasteiger partial charge >= 0.3 is 0 Å². The van der Waals surface area contributed by atoms with E-state index in [-0.39, 0.29) is 0 Å². The Labute approximate surface area is 93.3 Å². The third kappa shape index (κ3) is 1.90. The molecule has 78 valence electrons. The second-order valence-electron chi connectivity index (χ2n) is 4.22. The lowest BCUT2D eigenvalue weighted by Crippen LogP contribution is -2.10. The van der Waals surface area contributed by atoms with Crippen molar-refractivity contribution in [3.63, 3.8) is 0 Å². The summed E-state index contributed by atoms with van der Waals surface area (Å²) in [6.07, 6.45) is 2.51. The summed E-state index contributed by atoms with van der Waals surface area (Å²) in [7, 11) is 0. The fourth-order valence-electron chi connectivity index (χ4n) is 2.25. The molecule has 3 heteroatoms. The van der Waals surface area contributed by atoms with Crippen LogP contribution in [0.5, 0.6) is 0 Å². The van der Waals surface area contributed by atoms with Crippen LogP contribution < -0.4 is 5.32 Å². The van der Waals surface area contributed by atoms with Gasteiger partial charge < -0.3 is 5.32 Å². The molecule has 0 saturated carbocycles. The van der Waals surface area contributed by atoms with Crippen LogP contribution in [-0.2, 0) is 6.42 Å². The van der Waals surface area contributed by atoms with E-state index in [9.17, 15) is 0 Å². The number of fused-ring (bicyclic) bond motifs is 1. The van der Waals surface area contributed by atoms with E-state index in [1.165, 1.54) is 36.2 Å². The molecule has 3 rings (SSSR count). The molecule has 1 atom stereocenters. The molecule has 0 aliphatic carbocycles. The molecule has 2 heterocycles. The zero-order chi connectivity index (χ0) is 10.1. The van der Waals surface area contributed by atoms with Gasteiger partial charge in [-0.15, -0.1) is 11.3 Å². The molecule has 1 unspecified atom stereocenters. The van der Waals surface area contributed by atoms with E-state index in [1.807, 2.05) is 5.51 Å². The second kappa shape index (κ2) is 3.91. The number of aromatic nitrogens is 1. The van der Waals surface area contributed by atoms with Crippen LogP contribution in [0.25, 0.3) is 10.2 Å². The average molecular weight is 218 g/mol. The zero-order valence-corrected chi connectivity index (χ0v) is 9.39. The fourth-order valence-corrected chi connectivity index (χ4v) is 2.91. The molecular weight excluding hydrogens is 204 g/mol. The summed E-state index contributed by atoms with van der Waals surface area (Å²) in [5, 5.41) is 3.41. The minimum atomic E-state index is 0.820. The number of rotatable bonds is 2. The predicted octanol–water partition coefficient (Wildman–Crippen LogP) is 2.45. The summed E-state index contributed by atoms with van der Waals surface area (Å²) >= 11 is 1.72. The molecule has 1 saturated heterocycles. The van der Waals surface area contributed by atoms with Crippen LogP contribution in [0.3, 0.4) is 0 Å². The first kappa shape index (κ1) is 9.31. The van der Waals surface area contributed by atoms with Gasteiger partial charge in [0.1, 0.15) is 0 Å². The van der Waals surface area contributed by atoms with Crippen molar-refractivity contribution in [3.05, 3.63) is 29.3 Å². The zero-order valence-electron chi connectivity index (χ0n) is 8.57. The van der Waals surface area contributed by atoms with E-state index >= 15 is 0 Å². The molecule has 2 nitrogen and oxygen atoms in total. The number of hydrogen-bond acceptors (Lipinski definition) is 3. The van der Waals surface area contributed by atoms with Crippen LogP contribution >= 0.6 is 11.3 Å². The number of nitrogens with zero attached hydrogens (tertiary/aromatic N) is 1. The second-order valence-corrected chi connectivity index (χ2v) is 5.10. The number of nitrogens with one attached hydrogen (secondary N) is 1. The molecule has 0 amide bonds. The third-order valence-corrected chi connectivity index (χ3v) is 3.89. The van der Waals surface area contributed by atoms with Gasteiger partial charge in [0.25, 0.3) is 0 Å². The van der Waals surface area contributed by atoms with E-state index in [0.717, 1.165) is 11.4 Å². The Hall–Kier alpha value is -0.930. The van der Waals surface area contributed by atoms with Crippen molar-refractivity contribution in [1.82, 2.24) is 10.3 Å². The summed E-state index contributed by atoms with van der Waals surface area (Å²) < 4.78 is 1.29. The van der Waals surface area contributed by atoms with E-state index in [0.29, 0.717) is 0 Å². The summed E-state index contributed by atoms with van der Waals surface area (Å²) in [5.74, 6) is 0.820. The molecule has 1 aromatic carbocycles. The van der Waals surface area contributed by atoms with Crippen molar-refractivity contribution in [2.24, 2.45) is 5.92 Å². The van der Waals surface area contributed by atoms with Crippen molar-refractivity contribution in [1.29, 1.82) is 0 Å². The van der Waals surface area contributed by atoms with Crippen molar-refractivity contribution in [2.75, 3.05) is 13.1 Å². The van der Waals surface area contributed by atoms with Gasteiger partial charge in [0.2, 0.25) is 0 Å². The SMILES string of the molecule is c1nc2cc(CC3CCNC3)ccc2s1. The molecule has 0 bridgehead atoms. The van der Waals surface area contributed by atoms with Gasteiger partial charge in [0.15, 0.2) is 0 Å². The van der Waals surface area contributed by atoms with E-state index in [4.69, 9.17) is 0 Å². The van der Waals surface area contributed by atoms with Gasteiger partial charge in [-0.3, -0.25) is 0 Å². The average Bonchev–Trinajstić information content (AvgIpc) is 2.87. The topological polar surface area (TPSA) is 24.9 Å². The van der Waals surface area contributed by atoms with E-state index in [1.54, 1.807) is 11.3 Å². The first-order valence-electron chi connectivity index (χ1n) is 5.45. The first-order chi connectivity index (χ1) is 7.42. The molecule has 15 heavy (non-hydrogen) atoms. The normalized spacial score (nSPS) is 21.2. The highest BCUT2D eigenvalue weighted by molar-refractivity contribution is 7.16. The lowest BCUT2D eigenvalue weighted by molar-refractivity contribution is 0.580. The summed E-state index contributed by atoms with van der Waals surface area (Å²) in [6, 6.07) is 6.69. The Morgan fingerprint density at radius 2 is 2.47 bits per heavy atom. The van der Waals surface area contributed by atoms with Crippen LogP contribution in [0, 0.1) is 5.92 Å². The minimum absolute atomic E-state index is 0.820. The standard InChI is InChI=1S/C12H14N2S/c1-2-12-11(14-8-15-12)6-9(1)5-10-3-4-13-7-10/h1-2,6,8,10,13H,3-5,7H2. The van der Waals surface area contributed by atoms with Crippen LogP contribution in [0.4, 0.5) is 0 Å². The van der Waals surface area contributed by atoms with Crippen molar-refractivity contribution >= 4 is 21.6 Å². The Bertz CT molecular complexity index is 457. The van der Waals surface area contributed by atoms with Gasteiger partial charge in [-0.1, -0.05) is 6.07 Å². The predicted molar refractivity (Wildman–Crippen MR) is 64.3 cm³/mol. The molecule has 2 aromatic rings. The molecule has 1 aromatic heterocycles. The summed E-state index contributed by atoms with van der Waals surface area (Å²) in [5.41, 5.74) is 4.51. The Balaban J connectivity index is 1.84. The van der Waals surface area contributed by atoms with E-state index in [2.05, 4.69) is 28.5 Å². The monoisotopic (exact) mass is 218 g/mol. The van der Waals surface area contributed by atoms with Crippen molar-refractivity contribution < 1.29 is 0 Å². The lowest BCUT2D eigenvalue weighted by Gasteiger charge is -2.07. The maximum atomic E-state index is 4.36. The molecule has 0 spiro atoms. The summed E-state index contributed by atoms with van der Waals surface area (Å²) in [6.45, 7) is 2.36. The number of thiazole rings is 1. The molecule has 1 N–H and O–H groups in total. The van der Waals surface area contributed by atoms with Crippen molar-refractivity contribution in [3.8, 4) is 0 Å². The van der Waals surface area contributed by atoms with Crippen molar-refractivity contribution in [2.45, 2.75) is 12.8 Å². The third-order valence-electron chi connectivity index (χ3n) is 3.08. The number of hydrogen-bond donors (Lipinski definition) is 1. The molecule has 1 aliphatic heterocycles. The highest BCUT2D eigenvalue weighted by Gasteiger charge is 2.14. The maximum absolute atomic E-state index is 4.36. The molecule has 0 radical (unpaired) electrons. The van der Waals surface area contributed by atoms with E-state index < -0.39 is 0 Å². The lowest BCUT2D eigenvalue weighted by atomic mass is 9.99. The highest BCUT2D eigenvalue weighted by Crippen LogP contribution is 2.21. The largest absolute Gasteiger partial charge is 0.316 e. The maximum Gasteiger partial charge on any atom is 0.0814 e. The minimum Gasteiger partial charge on any atom is -0.316 e. The Morgan fingerprint density at radius 3 is 3.33 bits per heavy atom. The fraction of sp³-hybridized carbons (Fsp3) is 0.417. The first-order valence-corrected chi connectivity index (χ1v) is 6.32. The smallest absolute Gasteiger partial charge is 0.0814 e. The highest BCUT2D eigenvalue weighted by atomic mass is 32.1. The number of benzene rings is 1.